The molecule has 3 nitrogen and oxygen atoms in total. The highest BCUT2D eigenvalue weighted by Crippen LogP contribution is 2.28. The molecule has 0 saturated heterocycles. The Morgan fingerprint density at radius 2 is 1.82 bits per heavy atom. The maximum Gasteiger partial charge on any atom is 0.226 e. The van der Waals surface area contributed by atoms with Crippen molar-refractivity contribution in [3.05, 3.63) is 77.9 Å². The highest BCUT2D eigenvalue weighted by atomic mass is 32.2. The van der Waals surface area contributed by atoms with E-state index in [1.165, 1.54) is 40.6 Å². The lowest BCUT2D eigenvalue weighted by molar-refractivity contribution is -0.115. The Bertz CT molecular complexity index is 1110. The molecule has 28 heavy (non-hydrogen) atoms. The number of benzene rings is 3. The lowest BCUT2D eigenvalue weighted by Crippen LogP contribution is -2.11. The van der Waals surface area contributed by atoms with Crippen LogP contribution in [0.15, 0.2) is 77.0 Å². The SMILES string of the molecule is O=C(CCSc1ccc(F)cc1)Nc1nc(-c2ccc3ccccc3c2)cs1. The zero-order chi connectivity index (χ0) is 19.3. The van der Waals surface area contributed by atoms with Gasteiger partial charge in [-0.25, -0.2) is 9.37 Å². The van der Waals surface area contributed by atoms with Crippen LogP contribution < -0.4 is 5.32 Å². The van der Waals surface area contributed by atoms with Gasteiger partial charge in [0.15, 0.2) is 5.13 Å². The van der Waals surface area contributed by atoms with Crippen molar-refractivity contribution in [3.63, 3.8) is 0 Å². The average Bonchev–Trinajstić information content (AvgIpc) is 3.17. The second-order valence-electron chi connectivity index (χ2n) is 6.20. The number of halogens is 1. The van der Waals surface area contributed by atoms with Crippen molar-refractivity contribution < 1.29 is 9.18 Å². The van der Waals surface area contributed by atoms with Crippen LogP contribution in [0.5, 0.6) is 0 Å². The van der Waals surface area contributed by atoms with Gasteiger partial charge in [-0.3, -0.25) is 4.79 Å². The van der Waals surface area contributed by atoms with Gasteiger partial charge >= 0.3 is 0 Å². The quantitative estimate of drug-likeness (QED) is 0.385. The first-order valence-electron chi connectivity index (χ1n) is 8.80. The number of hydrogen-bond acceptors (Lipinski definition) is 4. The largest absolute Gasteiger partial charge is 0.302 e. The molecular formula is C22H17FN2OS2. The minimum absolute atomic E-state index is 0.0750. The normalized spacial score (nSPS) is 10.9. The van der Waals surface area contributed by atoms with Crippen LogP contribution in [-0.2, 0) is 4.79 Å². The summed E-state index contributed by atoms with van der Waals surface area (Å²) in [4.78, 5) is 17.6. The Morgan fingerprint density at radius 1 is 1.04 bits per heavy atom. The molecule has 0 aliphatic rings. The number of aromatic nitrogens is 1. The van der Waals surface area contributed by atoms with E-state index in [1.807, 2.05) is 23.6 Å². The Morgan fingerprint density at radius 3 is 2.64 bits per heavy atom. The number of rotatable bonds is 6. The summed E-state index contributed by atoms with van der Waals surface area (Å²) in [5.41, 5.74) is 1.88. The van der Waals surface area contributed by atoms with Crippen molar-refractivity contribution in [2.45, 2.75) is 11.3 Å². The first kappa shape index (κ1) is 18.7. The molecule has 0 fully saturated rings. The Balaban J connectivity index is 1.34. The molecule has 0 bridgehead atoms. The molecule has 0 aliphatic carbocycles. The number of anilines is 1. The van der Waals surface area contributed by atoms with Gasteiger partial charge in [0.05, 0.1) is 5.69 Å². The molecule has 3 aromatic carbocycles. The maximum atomic E-state index is 12.9. The van der Waals surface area contributed by atoms with Gasteiger partial charge < -0.3 is 5.32 Å². The van der Waals surface area contributed by atoms with E-state index in [9.17, 15) is 9.18 Å². The number of amides is 1. The first-order chi connectivity index (χ1) is 13.7. The summed E-state index contributed by atoms with van der Waals surface area (Å²) in [5.74, 6) is 0.294. The summed E-state index contributed by atoms with van der Waals surface area (Å²) in [7, 11) is 0. The third-order valence-electron chi connectivity index (χ3n) is 4.21. The van der Waals surface area contributed by atoms with Gasteiger partial charge in [0, 0.05) is 28.0 Å². The monoisotopic (exact) mass is 408 g/mol. The minimum Gasteiger partial charge on any atom is -0.302 e. The number of carbonyl (C=O) groups is 1. The van der Waals surface area contributed by atoms with Crippen LogP contribution in [0, 0.1) is 5.82 Å². The smallest absolute Gasteiger partial charge is 0.226 e. The van der Waals surface area contributed by atoms with E-state index >= 15 is 0 Å². The number of nitrogens with zero attached hydrogens (tertiary/aromatic N) is 1. The predicted molar refractivity (Wildman–Crippen MR) is 115 cm³/mol. The number of thiazole rings is 1. The molecule has 0 radical (unpaired) electrons. The summed E-state index contributed by atoms with van der Waals surface area (Å²) in [6.07, 6.45) is 0.368. The third-order valence-corrected chi connectivity index (χ3v) is 5.98. The zero-order valence-electron chi connectivity index (χ0n) is 14.9. The van der Waals surface area contributed by atoms with Crippen LogP contribution in [0.25, 0.3) is 22.0 Å². The van der Waals surface area contributed by atoms with Crippen LogP contribution >= 0.6 is 23.1 Å². The molecule has 1 amide bonds. The summed E-state index contributed by atoms with van der Waals surface area (Å²) in [5, 5.41) is 7.76. The predicted octanol–water partition coefficient (Wildman–Crippen LogP) is 6.22. The van der Waals surface area contributed by atoms with Crippen LogP contribution in [0.1, 0.15) is 6.42 Å². The van der Waals surface area contributed by atoms with Crippen LogP contribution in [0.2, 0.25) is 0 Å². The first-order valence-corrected chi connectivity index (χ1v) is 10.7. The number of nitrogens with one attached hydrogen (secondary N) is 1. The van der Waals surface area contributed by atoms with E-state index in [4.69, 9.17) is 0 Å². The summed E-state index contributed by atoms with van der Waals surface area (Å²) in [6.45, 7) is 0. The van der Waals surface area contributed by atoms with Gasteiger partial charge in [-0.1, -0.05) is 36.4 Å². The molecule has 1 aromatic heterocycles. The molecular weight excluding hydrogens is 391 g/mol. The standard InChI is InChI=1S/C22H17FN2OS2/c23-18-7-9-19(10-8-18)27-12-11-21(26)25-22-24-20(14-28-22)17-6-5-15-3-1-2-4-16(15)13-17/h1-10,13-14H,11-12H2,(H,24,25,26). The molecule has 0 spiro atoms. The van der Waals surface area contributed by atoms with E-state index in [-0.39, 0.29) is 11.7 Å². The van der Waals surface area contributed by atoms with Crippen LogP contribution in [0.4, 0.5) is 9.52 Å². The molecule has 4 aromatic rings. The Labute approximate surface area is 170 Å². The number of fused-ring (bicyclic) bond motifs is 1. The van der Waals surface area contributed by atoms with Crippen molar-refractivity contribution in [2.75, 3.05) is 11.1 Å². The fraction of sp³-hybridized carbons (Fsp3) is 0.0909. The lowest BCUT2D eigenvalue weighted by Gasteiger charge is -2.03. The van der Waals surface area contributed by atoms with E-state index in [2.05, 4.69) is 34.6 Å². The van der Waals surface area contributed by atoms with Gasteiger partial charge in [0.2, 0.25) is 5.91 Å². The highest BCUT2D eigenvalue weighted by Gasteiger charge is 2.09. The molecule has 1 N–H and O–H groups in total. The number of carbonyl (C=O) groups excluding carboxylic acids is 1. The fourth-order valence-electron chi connectivity index (χ4n) is 2.79. The molecule has 6 heteroatoms. The minimum atomic E-state index is -0.256. The zero-order valence-corrected chi connectivity index (χ0v) is 16.5. The Kier molecular flexibility index (Phi) is 5.69. The number of thioether (sulfide) groups is 1. The lowest BCUT2D eigenvalue weighted by atomic mass is 10.1. The van der Waals surface area contributed by atoms with E-state index in [1.54, 1.807) is 12.1 Å². The summed E-state index contributed by atoms with van der Waals surface area (Å²) in [6, 6.07) is 20.7. The van der Waals surface area contributed by atoms with Crippen molar-refractivity contribution in [3.8, 4) is 11.3 Å². The second-order valence-corrected chi connectivity index (χ2v) is 8.23. The molecule has 1 heterocycles. The van der Waals surface area contributed by atoms with Gasteiger partial charge in [-0.05, 0) is 41.1 Å². The molecule has 0 saturated carbocycles. The molecule has 140 valence electrons. The molecule has 4 rings (SSSR count). The van der Waals surface area contributed by atoms with E-state index in [0.717, 1.165) is 21.5 Å². The van der Waals surface area contributed by atoms with Crippen molar-refractivity contribution >= 4 is 44.9 Å². The van der Waals surface area contributed by atoms with Crippen molar-refractivity contribution in [1.29, 1.82) is 0 Å². The fourth-order valence-corrected chi connectivity index (χ4v) is 4.37. The van der Waals surface area contributed by atoms with E-state index in [0.29, 0.717) is 17.3 Å². The van der Waals surface area contributed by atoms with E-state index < -0.39 is 0 Å². The Hall–Kier alpha value is -2.70. The van der Waals surface area contributed by atoms with Crippen LogP contribution in [-0.4, -0.2) is 16.6 Å². The average molecular weight is 409 g/mol. The second kappa shape index (κ2) is 8.54. The maximum absolute atomic E-state index is 12.9. The number of hydrogen-bond donors (Lipinski definition) is 1. The van der Waals surface area contributed by atoms with Crippen molar-refractivity contribution in [1.82, 2.24) is 4.98 Å². The summed E-state index contributed by atoms with van der Waals surface area (Å²) < 4.78 is 12.9. The van der Waals surface area contributed by atoms with Gasteiger partial charge in [-0.15, -0.1) is 23.1 Å². The molecule has 0 atom stereocenters. The summed E-state index contributed by atoms with van der Waals surface area (Å²) >= 11 is 2.94. The van der Waals surface area contributed by atoms with Gasteiger partial charge in [-0.2, -0.15) is 0 Å². The van der Waals surface area contributed by atoms with Gasteiger partial charge in [0.25, 0.3) is 0 Å². The highest BCUT2D eigenvalue weighted by molar-refractivity contribution is 7.99. The third kappa shape index (κ3) is 4.58. The topological polar surface area (TPSA) is 42.0 Å². The molecule has 0 aliphatic heterocycles. The van der Waals surface area contributed by atoms with Crippen molar-refractivity contribution in [2.24, 2.45) is 0 Å². The molecule has 0 unspecified atom stereocenters. The van der Waals surface area contributed by atoms with Gasteiger partial charge in [0.1, 0.15) is 5.82 Å². The van der Waals surface area contributed by atoms with Crippen LogP contribution in [0.3, 0.4) is 0 Å².